The van der Waals surface area contributed by atoms with Crippen molar-refractivity contribution in [2.45, 2.75) is 174 Å². The molecule has 0 aliphatic heterocycles. The van der Waals surface area contributed by atoms with Crippen molar-refractivity contribution in [3.8, 4) is 0 Å². The molecule has 62 heavy (non-hydrogen) atoms. The standard InChI is InChI=1S/C51H88NO9P/c1-5-6-7-8-9-10-11-12-13-14-15-16-18-22-25-28-31-34-37-40-43-51(55)61-49(48-60-62(56,57)59-46-44-52(2,3)4)47-58-50(54)42-39-36-33-30-27-24-21-19-17-20-23-26-29-32-35-38-41-45-53/h10-11,13-14,16-18,20-21,24,26,29-30,33,49,53H,5-9,12,15,19,22-23,25,27-28,31-32,34-48H2,1-4H3/p+1/b11-10-,14-13-,18-16-,20-17-,24-21-,29-26-,33-30-/t49-/m1/s1. The van der Waals surface area contributed by atoms with E-state index in [-0.39, 0.29) is 32.7 Å². The molecule has 0 spiro atoms. The van der Waals surface area contributed by atoms with Gasteiger partial charge >= 0.3 is 19.8 Å². The van der Waals surface area contributed by atoms with Crippen molar-refractivity contribution in [1.82, 2.24) is 0 Å². The van der Waals surface area contributed by atoms with Gasteiger partial charge in [0, 0.05) is 19.4 Å². The van der Waals surface area contributed by atoms with Gasteiger partial charge in [0.25, 0.3) is 0 Å². The Morgan fingerprint density at radius 3 is 1.44 bits per heavy atom. The maximum atomic E-state index is 12.7. The molecule has 0 aliphatic carbocycles. The van der Waals surface area contributed by atoms with Crippen molar-refractivity contribution < 1.29 is 47.2 Å². The molecule has 0 aliphatic rings. The number of rotatable bonds is 43. The number of quaternary nitrogens is 1. The van der Waals surface area contributed by atoms with E-state index in [9.17, 15) is 19.0 Å². The molecule has 10 nitrogen and oxygen atoms in total. The topological polar surface area (TPSA) is 129 Å². The van der Waals surface area contributed by atoms with Crippen LogP contribution in [0.2, 0.25) is 0 Å². The number of likely N-dealkylation sites (N-methyl/N-ethyl adjacent to an activating group) is 1. The molecule has 0 radical (unpaired) electrons. The van der Waals surface area contributed by atoms with Crippen molar-refractivity contribution in [2.24, 2.45) is 0 Å². The summed E-state index contributed by atoms with van der Waals surface area (Å²) in [5.74, 6) is -0.899. The van der Waals surface area contributed by atoms with Crippen LogP contribution in [0.1, 0.15) is 167 Å². The van der Waals surface area contributed by atoms with Gasteiger partial charge in [-0.1, -0.05) is 143 Å². The second-order valence-electron chi connectivity index (χ2n) is 16.9. The predicted octanol–water partition coefficient (Wildman–Crippen LogP) is 12.9. The lowest BCUT2D eigenvalue weighted by molar-refractivity contribution is -0.870. The minimum atomic E-state index is -4.41. The van der Waals surface area contributed by atoms with Crippen LogP contribution in [0.5, 0.6) is 0 Å². The van der Waals surface area contributed by atoms with E-state index in [1.165, 1.54) is 32.1 Å². The predicted molar refractivity (Wildman–Crippen MR) is 258 cm³/mol. The third-order valence-electron chi connectivity index (χ3n) is 9.70. The van der Waals surface area contributed by atoms with Crippen LogP contribution in [-0.4, -0.2) is 86.6 Å². The number of phosphoric ester groups is 1. The van der Waals surface area contributed by atoms with Crippen LogP contribution in [0.3, 0.4) is 0 Å². The molecule has 0 amide bonds. The maximum Gasteiger partial charge on any atom is 0.472 e. The lowest BCUT2D eigenvalue weighted by Crippen LogP contribution is -2.37. The van der Waals surface area contributed by atoms with E-state index in [1.54, 1.807) is 0 Å². The number of aliphatic hydroxyl groups is 1. The Morgan fingerprint density at radius 1 is 0.532 bits per heavy atom. The van der Waals surface area contributed by atoms with E-state index in [0.29, 0.717) is 23.9 Å². The zero-order chi connectivity index (χ0) is 45.7. The molecule has 0 aromatic rings. The average Bonchev–Trinajstić information content (AvgIpc) is 3.23. The van der Waals surface area contributed by atoms with E-state index >= 15 is 0 Å². The molecule has 356 valence electrons. The van der Waals surface area contributed by atoms with Gasteiger partial charge in [0.1, 0.15) is 19.8 Å². The second kappa shape index (κ2) is 43.4. The third kappa shape index (κ3) is 46.6. The highest BCUT2D eigenvalue weighted by atomic mass is 31.2. The van der Waals surface area contributed by atoms with Crippen molar-refractivity contribution in [1.29, 1.82) is 0 Å². The molecular weight excluding hydrogens is 802 g/mol. The first kappa shape index (κ1) is 59.1. The van der Waals surface area contributed by atoms with E-state index < -0.39 is 32.5 Å². The number of ether oxygens (including phenoxy) is 2. The third-order valence-corrected chi connectivity index (χ3v) is 10.7. The molecule has 2 atom stereocenters. The summed E-state index contributed by atoms with van der Waals surface area (Å²) in [6, 6.07) is 0. The van der Waals surface area contributed by atoms with Crippen molar-refractivity contribution in [3.63, 3.8) is 0 Å². The van der Waals surface area contributed by atoms with Gasteiger partial charge in [0.2, 0.25) is 0 Å². The molecule has 0 fully saturated rings. The van der Waals surface area contributed by atoms with E-state index in [2.05, 4.69) is 85.9 Å². The molecule has 11 heteroatoms. The molecule has 0 saturated heterocycles. The highest BCUT2D eigenvalue weighted by molar-refractivity contribution is 7.47. The van der Waals surface area contributed by atoms with Crippen LogP contribution in [0, 0.1) is 0 Å². The number of aliphatic hydroxyl groups excluding tert-OH is 1. The lowest BCUT2D eigenvalue weighted by Gasteiger charge is -2.24. The Morgan fingerprint density at radius 2 is 0.952 bits per heavy atom. The first-order chi connectivity index (χ1) is 30.0. The molecule has 0 heterocycles. The number of esters is 2. The quantitative estimate of drug-likeness (QED) is 0.0202. The van der Waals surface area contributed by atoms with Crippen molar-refractivity contribution >= 4 is 19.8 Å². The minimum Gasteiger partial charge on any atom is -0.462 e. The number of hydrogen-bond donors (Lipinski definition) is 2. The fourth-order valence-electron chi connectivity index (χ4n) is 5.93. The van der Waals surface area contributed by atoms with Crippen LogP contribution in [0.25, 0.3) is 0 Å². The van der Waals surface area contributed by atoms with E-state index in [1.807, 2.05) is 27.2 Å². The van der Waals surface area contributed by atoms with Crippen molar-refractivity contribution in [2.75, 3.05) is 54.1 Å². The maximum absolute atomic E-state index is 12.7. The first-order valence-corrected chi connectivity index (χ1v) is 25.4. The first-order valence-electron chi connectivity index (χ1n) is 23.9. The highest BCUT2D eigenvalue weighted by Crippen LogP contribution is 2.43. The fraction of sp³-hybridized carbons (Fsp3) is 0.686. The summed E-state index contributed by atoms with van der Waals surface area (Å²) in [7, 11) is 1.41. The van der Waals surface area contributed by atoms with Gasteiger partial charge in [-0.15, -0.1) is 0 Å². The van der Waals surface area contributed by atoms with Crippen molar-refractivity contribution in [3.05, 3.63) is 85.1 Å². The SMILES string of the molecule is CCCCCC/C=C\C/C=C\C/C=C\CCCCCCCCC(=O)O[C@H](COC(=O)CCC/C=C\C/C=C\C/C=C\C/C=C\CCCCCO)COP(=O)(O)OCC[N+](C)(C)C. The number of hydrogen-bond acceptors (Lipinski definition) is 8. The number of phosphoric acid groups is 1. The van der Waals surface area contributed by atoms with Gasteiger partial charge in [0.15, 0.2) is 6.10 Å². The smallest absolute Gasteiger partial charge is 0.462 e. The highest BCUT2D eigenvalue weighted by Gasteiger charge is 2.27. The molecular formula is C51H89NO9P+. The number of nitrogens with zero attached hydrogens (tertiary/aromatic N) is 1. The van der Waals surface area contributed by atoms with Gasteiger partial charge in [0.05, 0.1) is 27.7 Å². The number of carbonyl (C=O) groups excluding carboxylic acids is 2. The Balaban J connectivity index is 4.44. The Kier molecular flexibility index (Phi) is 41.4. The summed E-state index contributed by atoms with van der Waals surface area (Å²) in [5.41, 5.74) is 0. The van der Waals surface area contributed by atoms with Crippen LogP contribution in [0.4, 0.5) is 0 Å². The molecule has 0 bridgehead atoms. The zero-order valence-electron chi connectivity index (χ0n) is 39.5. The summed E-state index contributed by atoms with van der Waals surface area (Å²) in [5, 5.41) is 8.81. The minimum absolute atomic E-state index is 0.0112. The number of allylic oxidation sites excluding steroid dienone is 14. The molecule has 0 aromatic carbocycles. The van der Waals surface area contributed by atoms with Crippen LogP contribution < -0.4 is 0 Å². The molecule has 1 unspecified atom stereocenters. The summed E-state index contributed by atoms with van der Waals surface area (Å²) in [4.78, 5) is 35.4. The van der Waals surface area contributed by atoms with E-state index in [4.69, 9.17) is 23.6 Å². The van der Waals surface area contributed by atoms with Gasteiger partial charge in [-0.05, 0) is 96.3 Å². The Bertz CT molecular complexity index is 1330. The Hall–Kier alpha value is -2.85. The monoisotopic (exact) mass is 891 g/mol. The van der Waals surface area contributed by atoms with E-state index in [0.717, 1.165) is 103 Å². The summed E-state index contributed by atoms with van der Waals surface area (Å²) in [6.07, 6.45) is 53.6. The summed E-state index contributed by atoms with van der Waals surface area (Å²) < 4.78 is 34.3. The van der Waals surface area contributed by atoms with Crippen LogP contribution in [-0.2, 0) is 32.7 Å². The second-order valence-corrected chi connectivity index (χ2v) is 18.3. The zero-order valence-corrected chi connectivity index (χ0v) is 40.4. The fourth-order valence-corrected chi connectivity index (χ4v) is 6.67. The van der Waals surface area contributed by atoms with Crippen LogP contribution >= 0.6 is 7.82 Å². The lowest BCUT2D eigenvalue weighted by atomic mass is 10.1. The number of unbranched alkanes of at least 4 members (excludes halogenated alkanes) is 14. The van der Waals surface area contributed by atoms with Gasteiger partial charge in [-0.3, -0.25) is 18.6 Å². The molecule has 0 aromatic heterocycles. The largest absolute Gasteiger partial charge is 0.472 e. The summed E-state index contributed by atoms with van der Waals surface area (Å²) >= 11 is 0. The van der Waals surface area contributed by atoms with Gasteiger partial charge in [-0.25, -0.2) is 4.57 Å². The normalized spacial score (nSPS) is 14.2. The van der Waals surface area contributed by atoms with Gasteiger partial charge < -0.3 is 24.0 Å². The number of carbonyl (C=O) groups is 2. The molecule has 0 saturated carbocycles. The average molecular weight is 891 g/mol. The molecule has 0 rings (SSSR count). The van der Waals surface area contributed by atoms with Gasteiger partial charge in [-0.2, -0.15) is 0 Å². The Labute approximate surface area is 378 Å². The summed E-state index contributed by atoms with van der Waals surface area (Å²) in [6.45, 7) is 2.31. The van der Waals surface area contributed by atoms with Crippen LogP contribution in [0.15, 0.2) is 85.1 Å². The molecule has 2 N–H and O–H groups in total.